The zero-order valence-corrected chi connectivity index (χ0v) is 18.8. The standard InChI is InChI=1S/C21H40N2O5/c1-8-10-12-26-18(24)16-14-21(6,7)17(22-27-13-11-9-2)15-23(16)19(25)28-20(3,4)5/h16-17,22H,8-15H2,1-7H3/t16-,17?/m0/s1. The molecule has 2 atom stereocenters. The highest BCUT2D eigenvalue weighted by molar-refractivity contribution is 5.82. The third-order valence-electron chi connectivity index (χ3n) is 4.89. The zero-order chi connectivity index (χ0) is 21.4. The lowest BCUT2D eigenvalue weighted by atomic mass is 9.75. The predicted molar refractivity (Wildman–Crippen MR) is 109 cm³/mol. The molecule has 1 N–H and O–H groups in total. The molecule has 1 heterocycles. The molecular formula is C21H40N2O5. The Balaban J connectivity index is 2.93. The van der Waals surface area contributed by atoms with Crippen molar-refractivity contribution in [2.75, 3.05) is 19.8 Å². The molecule has 0 aromatic rings. The van der Waals surface area contributed by atoms with Crippen molar-refractivity contribution < 1.29 is 23.9 Å². The third kappa shape index (κ3) is 7.95. The Morgan fingerprint density at radius 2 is 1.71 bits per heavy atom. The quantitative estimate of drug-likeness (QED) is 0.357. The normalized spacial score (nSPS) is 22.0. The first-order valence-electron chi connectivity index (χ1n) is 10.6. The van der Waals surface area contributed by atoms with Crippen LogP contribution in [0.4, 0.5) is 4.79 Å². The molecule has 0 bridgehead atoms. The van der Waals surface area contributed by atoms with E-state index in [9.17, 15) is 9.59 Å². The number of nitrogens with one attached hydrogen (secondary N) is 1. The van der Waals surface area contributed by atoms with Gasteiger partial charge in [0.1, 0.15) is 11.6 Å². The van der Waals surface area contributed by atoms with Crippen LogP contribution in [0.15, 0.2) is 0 Å². The van der Waals surface area contributed by atoms with Gasteiger partial charge in [-0.3, -0.25) is 4.90 Å². The molecule has 1 amide bonds. The van der Waals surface area contributed by atoms with Gasteiger partial charge >= 0.3 is 12.1 Å². The van der Waals surface area contributed by atoms with E-state index in [1.165, 1.54) is 4.90 Å². The molecule has 1 rings (SSSR count). The van der Waals surface area contributed by atoms with E-state index in [4.69, 9.17) is 14.3 Å². The van der Waals surface area contributed by atoms with E-state index in [0.29, 0.717) is 26.2 Å². The maximum Gasteiger partial charge on any atom is 0.411 e. The summed E-state index contributed by atoms with van der Waals surface area (Å²) in [5, 5.41) is 0. The van der Waals surface area contributed by atoms with Gasteiger partial charge in [-0.1, -0.05) is 40.5 Å². The van der Waals surface area contributed by atoms with E-state index >= 15 is 0 Å². The number of nitrogens with zero attached hydrogens (tertiary/aromatic N) is 1. The highest BCUT2D eigenvalue weighted by atomic mass is 16.6. The molecule has 1 saturated heterocycles. The van der Waals surface area contributed by atoms with Crippen molar-refractivity contribution in [3.63, 3.8) is 0 Å². The summed E-state index contributed by atoms with van der Waals surface area (Å²) < 4.78 is 11.0. The molecule has 28 heavy (non-hydrogen) atoms. The second-order valence-electron chi connectivity index (χ2n) is 9.23. The lowest BCUT2D eigenvalue weighted by Crippen LogP contribution is -2.62. The molecule has 1 fully saturated rings. The number of hydroxylamine groups is 1. The topological polar surface area (TPSA) is 77.1 Å². The van der Waals surface area contributed by atoms with Crippen molar-refractivity contribution in [2.45, 2.75) is 98.3 Å². The minimum absolute atomic E-state index is 0.114. The fourth-order valence-corrected chi connectivity index (χ4v) is 3.04. The Labute approximate surface area is 170 Å². The zero-order valence-electron chi connectivity index (χ0n) is 18.8. The fourth-order valence-electron chi connectivity index (χ4n) is 3.04. The summed E-state index contributed by atoms with van der Waals surface area (Å²) in [7, 11) is 0. The first-order valence-corrected chi connectivity index (χ1v) is 10.6. The maximum atomic E-state index is 12.8. The molecule has 1 aliphatic heterocycles. The van der Waals surface area contributed by atoms with Gasteiger partial charge in [-0.2, -0.15) is 5.48 Å². The fraction of sp³-hybridized carbons (Fsp3) is 0.905. The molecular weight excluding hydrogens is 360 g/mol. The van der Waals surface area contributed by atoms with Crippen molar-refractivity contribution in [2.24, 2.45) is 5.41 Å². The number of hydrogen-bond acceptors (Lipinski definition) is 6. The molecule has 0 aromatic heterocycles. The van der Waals surface area contributed by atoms with Crippen LogP contribution in [0.2, 0.25) is 0 Å². The minimum Gasteiger partial charge on any atom is -0.464 e. The van der Waals surface area contributed by atoms with Crippen LogP contribution in [0.5, 0.6) is 0 Å². The number of unbranched alkanes of at least 4 members (excludes halogenated alkanes) is 2. The third-order valence-corrected chi connectivity index (χ3v) is 4.89. The average molecular weight is 401 g/mol. The second-order valence-corrected chi connectivity index (χ2v) is 9.23. The van der Waals surface area contributed by atoms with E-state index in [1.807, 2.05) is 27.7 Å². The summed E-state index contributed by atoms with van der Waals surface area (Å²) in [6.07, 6.45) is 3.74. The molecule has 164 valence electrons. The van der Waals surface area contributed by atoms with Crippen molar-refractivity contribution in [3.8, 4) is 0 Å². The summed E-state index contributed by atoms with van der Waals surface area (Å²) in [6, 6.07) is -0.771. The van der Waals surface area contributed by atoms with Crippen LogP contribution in [0.25, 0.3) is 0 Å². The number of piperidine rings is 1. The smallest absolute Gasteiger partial charge is 0.411 e. The number of ether oxygens (including phenoxy) is 2. The number of rotatable bonds is 9. The Kier molecular flexibility index (Phi) is 9.70. The van der Waals surface area contributed by atoms with E-state index in [2.05, 4.69) is 26.3 Å². The van der Waals surface area contributed by atoms with Crippen LogP contribution in [-0.2, 0) is 19.1 Å². The van der Waals surface area contributed by atoms with Gasteiger partial charge in [0.2, 0.25) is 0 Å². The van der Waals surface area contributed by atoms with Gasteiger partial charge in [-0.15, -0.1) is 0 Å². The molecule has 0 aliphatic carbocycles. The highest BCUT2D eigenvalue weighted by Gasteiger charge is 2.47. The molecule has 7 heteroatoms. The largest absolute Gasteiger partial charge is 0.464 e. The summed E-state index contributed by atoms with van der Waals surface area (Å²) in [5.74, 6) is -0.363. The van der Waals surface area contributed by atoms with Gasteiger partial charge in [0.15, 0.2) is 0 Å². The van der Waals surface area contributed by atoms with E-state index in [0.717, 1.165) is 25.7 Å². The summed E-state index contributed by atoms with van der Waals surface area (Å²) >= 11 is 0. The van der Waals surface area contributed by atoms with Crippen LogP contribution in [-0.4, -0.2) is 54.4 Å². The predicted octanol–water partition coefficient (Wildman–Crippen LogP) is 4.06. The van der Waals surface area contributed by atoms with Crippen LogP contribution >= 0.6 is 0 Å². The van der Waals surface area contributed by atoms with E-state index in [-0.39, 0.29) is 17.4 Å². The molecule has 0 aromatic carbocycles. The maximum absolute atomic E-state index is 12.8. The lowest BCUT2D eigenvalue weighted by Gasteiger charge is -2.47. The van der Waals surface area contributed by atoms with Gasteiger partial charge in [-0.05, 0) is 45.4 Å². The summed E-state index contributed by atoms with van der Waals surface area (Å²) in [5.41, 5.74) is 2.22. The molecule has 0 radical (unpaired) electrons. The average Bonchev–Trinajstić information content (AvgIpc) is 2.57. The number of carbonyl (C=O) groups is 2. The van der Waals surface area contributed by atoms with Crippen molar-refractivity contribution in [3.05, 3.63) is 0 Å². The molecule has 0 spiro atoms. The number of amides is 1. The number of esters is 1. The summed E-state index contributed by atoms with van der Waals surface area (Å²) in [4.78, 5) is 32.6. The Morgan fingerprint density at radius 3 is 2.29 bits per heavy atom. The van der Waals surface area contributed by atoms with Crippen molar-refractivity contribution in [1.29, 1.82) is 0 Å². The van der Waals surface area contributed by atoms with Crippen LogP contribution in [0.3, 0.4) is 0 Å². The Morgan fingerprint density at radius 1 is 1.11 bits per heavy atom. The molecule has 7 nitrogen and oxygen atoms in total. The monoisotopic (exact) mass is 400 g/mol. The molecule has 1 unspecified atom stereocenters. The van der Waals surface area contributed by atoms with Crippen molar-refractivity contribution in [1.82, 2.24) is 10.4 Å². The van der Waals surface area contributed by atoms with Gasteiger partial charge < -0.3 is 14.3 Å². The lowest BCUT2D eigenvalue weighted by molar-refractivity contribution is -0.156. The first-order chi connectivity index (χ1) is 13.0. The van der Waals surface area contributed by atoms with Gasteiger partial charge in [-0.25, -0.2) is 9.59 Å². The summed E-state index contributed by atoms with van der Waals surface area (Å²) in [6.45, 7) is 15.0. The highest BCUT2D eigenvalue weighted by Crippen LogP contribution is 2.35. The van der Waals surface area contributed by atoms with Crippen LogP contribution in [0.1, 0.15) is 80.6 Å². The number of likely N-dealkylation sites (tertiary alicyclic amines) is 1. The van der Waals surface area contributed by atoms with Gasteiger partial charge in [0.25, 0.3) is 0 Å². The van der Waals surface area contributed by atoms with Crippen molar-refractivity contribution >= 4 is 12.1 Å². The molecule has 1 aliphatic rings. The van der Waals surface area contributed by atoms with E-state index < -0.39 is 17.7 Å². The SMILES string of the molecule is CCCCONC1CN(C(=O)OC(C)(C)C)[C@H](C(=O)OCCCC)CC1(C)C. The number of carbonyl (C=O) groups excluding carboxylic acids is 2. The van der Waals surface area contributed by atoms with Crippen LogP contribution < -0.4 is 5.48 Å². The Bertz CT molecular complexity index is 502. The Hall–Kier alpha value is -1.34. The first kappa shape index (κ1) is 24.7. The second kappa shape index (κ2) is 11.0. The van der Waals surface area contributed by atoms with Gasteiger partial charge in [0, 0.05) is 6.54 Å². The van der Waals surface area contributed by atoms with E-state index in [1.54, 1.807) is 0 Å². The molecule has 0 saturated carbocycles. The number of hydrogen-bond donors (Lipinski definition) is 1. The van der Waals surface area contributed by atoms with Crippen LogP contribution in [0, 0.1) is 5.41 Å². The minimum atomic E-state index is -0.657. The van der Waals surface area contributed by atoms with Gasteiger partial charge in [0.05, 0.1) is 19.3 Å².